The van der Waals surface area contributed by atoms with E-state index in [1.807, 2.05) is 54.6 Å². The van der Waals surface area contributed by atoms with Crippen LogP contribution < -0.4 is 28.3 Å². The lowest BCUT2D eigenvalue weighted by atomic mass is 10.3. The summed E-state index contributed by atoms with van der Waals surface area (Å²) in [6.07, 6.45) is -3.95. The van der Waals surface area contributed by atoms with E-state index in [1.165, 1.54) is 27.4 Å². The minimum Gasteiger partial charge on any atom is -1.00 e. The van der Waals surface area contributed by atoms with Gasteiger partial charge in [-0.15, -0.1) is 0 Å². The zero-order valence-electron chi connectivity index (χ0n) is 18.8. The molecule has 35 heavy (non-hydrogen) atoms. The summed E-state index contributed by atoms with van der Waals surface area (Å²) >= 11 is 0. The van der Waals surface area contributed by atoms with Gasteiger partial charge >= 0.3 is 6.18 Å². The molecule has 5 aromatic rings. The minimum absolute atomic E-state index is 0. The van der Waals surface area contributed by atoms with Gasteiger partial charge in [0.2, 0.25) is 0 Å². The third-order valence-electron chi connectivity index (χ3n) is 6.02. The molecular weight excluding hydrogens is 490 g/mol. The third kappa shape index (κ3) is 4.56. The number of aryl methyl sites for hydroxylation is 1. The standard InChI is InChI=1S/C27H22F3N3P.ClH/c1-20-26(27(28,29)30)31-25-18-17-21(32-33(20)25)19-34(22-11-5-2-6-12-22,23-13-7-3-8-14-23)24-15-9-4-10-16-24;/h2-18H,19H2,1H3;1H/q+1;/p-1. The van der Waals surface area contributed by atoms with Crippen LogP contribution in [-0.2, 0) is 12.3 Å². The van der Waals surface area contributed by atoms with Gasteiger partial charge < -0.3 is 12.4 Å². The van der Waals surface area contributed by atoms with Gasteiger partial charge in [0, 0.05) is 0 Å². The summed E-state index contributed by atoms with van der Waals surface area (Å²) in [4.78, 5) is 3.78. The molecule has 0 bridgehead atoms. The van der Waals surface area contributed by atoms with E-state index in [2.05, 4.69) is 46.5 Å². The predicted molar refractivity (Wildman–Crippen MR) is 132 cm³/mol. The Morgan fingerprint density at radius 2 is 1.17 bits per heavy atom. The Morgan fingerprint density at radius 1 is 0.714 bits per heavy atom. The summed E-state index contributed by atoms with van der Waals surface area (Å²) in [7, 11) is -2.21. The Morgan fingerprint density at radius 3 is 1.60 bits per heavy atom. The molecule has 0 saturated carbocycles. The van der Waals surface area contributed by atoms with Crippen molar-refractivity contribution in [2.75, 3.05) is 0 Å². The first-order valence-electron chi connectivity index (χ1n) is 10.9. The molecule has 0 aliphatic rings. The van der Waals surface area contributed by atoms with Crippen LogP contribution in [0, 0.1) is 6.92 Å². The zero-order valence-corrected chi connectivity index (χ0v) is 20.5. The maximum Gasteiger partial charge on any atom is 0.435 e. The first kappa shape index (κ1) is 24.9. The quantitative estimate of drug-likeness (QED) is 0.340. The first-order valence-corrected chi connectivity index (χ1v) is 12.8. The maximum absolute atomic E-state index is 13.4. The van der Waals surface area contributed by atoms with Crippen molar-refractivity contribution < 1.29 is 25.6 Å². The molecule has 5 rings (SSSR count). The van der Waals surface area contributed by atoms with Crippen LogP contribution in [-0.4, -0.2) is 14.6 Å². The number of alkyl halides is 3. The second kappa shape index (κ2) is 9.80. The van der Waals surface area contributed by atoms with Crippen LogP contribution in [0.3, 0.4) is 0 Å². The Kier molecular flexibility index (Phi) is 6.98. The Balaban J connectivity index is 0.00000289. The molecular formula is C27H22ClF3N3P. The molecule has 0 atom stereocenters. The number of hydrogen-bond acceptors (Lipinski definition) is 2. The second-order valence-corrected chi connectivity index (χ2v) is 11.6. The lowest BCUT2D eigenvalue weighted by molar-refractivity contribution is -0.141. The van der Waals surface area contributed by atoms with Crippen LogP contribution in [0.25, 0.3) is 5.65 Å². The second-order valence-electron chi connectivity index (χ2n) is 8.11. The Bertz CT molecular complexity index is 1330. The highest BCUT2D eigenvalue weighted by Crippen LogP contribution is 2.57. The zero-order chi connectivity index (χ0) is 23.8. The number of benzene rings is 3. The molecule has 0 fully saturated rings. The summed E-state index contributed by atoms with van der Waals surface area (Å²) in [5.74, 6) is 0. The molecule has 0 aliphatic heterocycles. The van der Waals surface area contributed by atoms with Crippen LogP contribution in [0.1, 0.15) is 17.1 Å². The number of imidazole rings is 1. The van der Waals surface area contributed by atoms with E-state index in [0.717, 1.165) is 0 Å². The summed E-state index contributed by atoms with van der Waals surface area (Å²) in [6, 6.07) is 34.4. The SMILES string of the molecule is Cc1c(C(F)(F)F)nc2ccc(C[P+](c3ccccc3)(c3ccccc3)c3ccccc3)nn12.[Cl-]. The molecule has 0 N–H and O–H groups in total. The van der Waals surface area contributed by atoms with Crippen molar-refractivity contribution in [3.8, 4) is 0 Å². The monoisotopic (exact) mass is 511 g/mol. The molecule has 0 spiro atoms. The topological polar surface area (TPSA) is 30.2 Å². The largest absolute Gasteiger partial charge is 1.00 e. The third-order valence-corrected chi connectivity index (χ3v) is 10.4. The van der Waals surface area contributed by atoms with Gasteiger partial charge in [0.25, 0.3) is 0 Å². The summed E-state index contributed by atoms with van der Waals surface area (Å²) in [6.45, 7) is 1.41. The minimum atomic E-state index is -4.52. The molecule has 178 valence electrons. The highest BCUT2D eigenvalue weighted by atomic mass is 35.5. The smallest absolute Gasteiger partial charge is 0.435 e. The number of aromatic nitrogens is 3. The van der Waals surface area contributed by atoms with Crippen molar-refractivity contribution in [3.63, 3.8) is 0 Å². The van der Waals surface area contributed by atoms with Crippen LogP contribution in [0.2, 0.25) is 0 Å². The average Bonchev–Trinajstić information content (AvgIpc) is 3.20. The molecule has 3 nitrogen and oxygen atoms in total. The predicted octanol–water partition coefficient (Wildman–Crippen LogP) is 2.55. The fourth-order valence-electron chi connectivity index (χ4n) is 4.45. The fraction of sp³-hybridized carbons (Fsp3) is 0.111. The number of nitrogens with zero attached hydrogens (tertiary/aromatic N) is 3. The lowest BCUT2D eigenvalue weighted by Crippen LogP contribution is -3.00. The van der Waals surface area contributed by atoms with E-state index in [0.29, 0.717) is 11.9 Å². The van der Waals surface area contributed by atoms with Crippen LogP contribution in [0.5, 0.6) is 0 Å². The summed E-state index contributed by atoms with van der Waals surface area (Å²) < 4.78 is 41.6. The van der Waals surface area contributed by atoms with Gasteiger partial charge in [-0.05, 0) is 55.5 Å². The van der Waals surface area contributed by atoms with E-state index < -0.39 is 19.1 Å². The normalized spacial score (nSPS) is 11.9. The van der Waals surface area contributed by atoms with Crippen molar-refractivity contribution >= 4 is 28.8 Å². The number of halogens is 4. The van der Waals surface area contributed by atoms with Gasteiger partial charge in [-0.25, -0.2) is 9.50 Å². The Hall–Kier alpha value is -3.21. The number of rotatable bonds is 5. The van der Waals surface area contributed by atoms with Gasteiger partial charge in [-0.2, -0.15) is 18.3 Å². The first-order chi connectivity index (χ1) is 16.4. The van der Waals surface area contributed by atoms with E-state index in [-0.39, 0.29) is 23.7 Å². The van der Waals surface area contributed by atoms with Crippen molar-refractivity contribution in [3.05, 3.63) is 120 Å². The molecule has 8 heteroatoms. The molecule has 0 unspecified atom stereocenters. The summed E-state index contributed by atoms with van der Waals surface area (Å²) in [5, 5.41) is 8.22. The van der Waals surface area contributed by atoms with Crippen molar-refractivity contribution in [2.24, 2.45) is 0 Å². The van der Waals surface area contributed by atoms with Gasteiger partial charge in [-0.1, -0.05) is 54.6 Å². The molecule has 0 radical (unpaired) electrons. The van der Waals surface area contributed by atoms with Crippen LogP contribution >= 0.6 is 7.26 Å². The summed E-state index contributed by atoms with van der Waals surface area (Å²) in [5.41, 5.74) is 0.00284. The van der Waals surface area contributed by atoms with Gasteiger partial charge in [0.15, 0.2) is 11.3 Å². The van der Waals surface area contributed by atoms with Gasteiger partial charge in [0.05, 0.1) is 11.4 Å². The van der Waals surface area contributed by atoms with Gasteiger partial charge in [-0.3, -0.25) is 0 Å². The van der Waals surface area contributed by atoms with Gasteiger partial charge in [0.1, 0.15) is 29.3 Å². The lowest BCUT2D eigenvalue weighted by Gasteiger charge is -2.27. The average molecular weight is 512 g/mol. The van der Waals surface area contributed by atoms with Crippen molar-refractivity contribution in [1.82, 2.24) is 14.6 Å². The molecule has 0 saturated heterocycles. The van der Waals surface area contributed by atoms with Crippen LogP contribution in [0.4, 0.5) is 13.2 Å². The molecule has 3 aromatic carbocycles. The van der Waals surface area contributed by atoms with E-state index >= 15 is 0 Å². The number of fused-ring (bicyclic) bond motifs is 1. The van der Waals surface area contributed by atoms with Crippen molar-refractivity contribution in [2.45, 2.75) is 19.3 Å². The Labute approximate surface area is 208 Å². The molecule has 2 aromatic heterocycles. The van der Waals surface area contributed by atoms with Crippen molar-refractivity contribution in [1.29, 1.82) is 0 Å². The fourth-order valence-corrected chi connectivity index (χ4v) is 8.59. The van der Waals surface area contributed by atoms with E-state index in [4.69, 9.17) is 0 Å². The molecule has 0 aliphatic carbocycles. The molecule has 2 heterocycles. The van der Waals surface area contributed by atoms with Crippen LogP contribution in [0.15, 0.2) is 103 Å². The number of hydrogen-bond donors (Lipinski definition) is 0. The van der Waals surface area contributed by atoms with E-state index in [9.17, 15) is 13.2 Å². The van der Waals surface area contributed by atoms with E-state index in [1.54, 1.807) is 12.1 Å². The highest BCUT2D eigenvalue weighted by Gasteiger charge is 2.46. The highest BCUT2D eigenvalue weighted by molar-refractivity contribution is 7.95. The maximum atomic E-state index is 13.4. The molecule has 0 amide bonds.